The van der Waals surface area contributed by atoms with E-state index in [9.17, 15) is 0 Å². The van der Waals surface area contributed by atoms with E-state index in [4.69, 9.17) is 11.2 Å². The van der Waals surface area contributed by atoms with Crippen molar-refractivity contribution in [1.82, 2.24) is 5.32 Å². The van der Waals surface area contributed by atoms with Crippen molar-refractivity contribution in [3.8, 4) is 12.3 Å². The van der Waals surface area contributed by atoms with Crippen molar-refractivity contribution in [3.05, 3.63) is 34.9 Å². The Hall–Kier alpha value is -1.30. The minimum atomic E-state index is 0.189. The van der Waals surface area contributed by atoms with Crippen LogP contribution < -0.4 is 5.32 Å². The van der Waals surface area contributed by atoms with E-state index >= 15 is 0 Å². The summed E-state index contributed by atoms with van der Waals surface area (Å²) in [7, 11) is 0. The number of terminal acetylenes is 1. The van der Waals surface area contributed by atoms with Crippen molar-refractivity contribution in [2.24, 2.45) is 0 Å². The van der Waals surface area contributed by atoms with Gasteiger partial charge in [0.1, 0.15) is 0 Å². The maximum atomic E-state index is 5.96. The third-order valence-electron chi connectivity index (χ3n) is 3.75. The molecule has 0 radical (unpaired) electrons. The first kappa shape index (κ1) is 10.8. The van der Waals surface area contributed by atoms with E-state index in [-0.39, 0.29) is 6.10 Å². The van der Waals surface area contributed by atoms with Gasteiger partial charge < -0.3 is 10.1 Å². The Morgan fingerprint density at radius 1 is 1.41 bits per heavy atom. The van der Waals surface area contributed by atoms with Crippen LogP contribution in [0.5, 0.6) is 0 Å². The standard InChI is InChI=1S/C15H17NO/c1-2-11-5-6-12-7-9-17-15(13(12)10-11)14-4-3-8-16-14/h1,5-6,10,14-16H,3-4,7-9H2/t14-,15+/m0/s1. The Morgan fingerprint density at radius 3 is 3.12 bits per heavy atom. The molecule has 2 heterocycles. The maximum Gasteiger partial charge on any atom is 0.0981 e. The van der Waals surface area contributed by atoms with Crippen molar-refractivity contribution in [2.75, 3.05) is 13.2 Å². The average molecular weight is 227 g/mol. The van der Waals surface area contributed by atoms with Crippen molar-refractivity contribution in [1.29, 1.82) is 0 Å². The van der Waals surface area contributed by atoms with Crippen LogP contribution in [0.2, 0.25) is 0 Å². The highest BCUT2D eigenvalue weighted by Gasteiger charge is 2.30. The van der Waals surface area contributed by atoms with Crippen LogP contribution in [0.15, 0.2) is 18.2 Å². The molecule has 0 aliphatic carbocycles. The van der Waals surface area contributed by atoms with Gasteiger partial charge in [-0.05, 0) is 49.1 Å². The van der Waals surface area contributed by atoms with Gasteiger partial charge in [0.25, 0.3) is 0 Å². The zero-order valence-electron chi connectivity index (χ0n) is 9.91. The Morgan fingerprint density at radius 2 is 2.35 bits per heavy atom. The largest absolute Gasteiger partial charge is 0.372 e. The molecular weight excluding hydrogens is 210 g/mol. The summed E-state index contributed by atoms with van der Waals surface area (Å²) in [5.41, 5.74) is 3.65. The average Bonchev–Trinajstić information content (AvgIpc) is 2.91. The molecule has 0 unspecified atom stereocenters. The second-order valence-electron chi connectivity index (χ2n) is 4.80. The van der Waals surface area contributed by atoms with Crippen molar-refractivity contribution in [3.63, 3.8) is 0 Å². The molecule has 2 aliphatic heterocycles. The van der Waals surface area contributed by atoms with Crippen LogP contribution >= 0.6 is 0 Å². The van der Waals surface area contributed by atoms with Gasteiger partial charge in [-0.25, -0.2) is 0 Å². The fourth-order valence-electron chi connectivity index (χ4n) is 2.87. The van der Waals surface area contributed by atoms with Crippen molar-refractivity contribution in [2.45, 2.75) is 31.4 Å². The minimum Gasteiger partial charge on any atom is -0.372 e. The summed E-state index contributed by atoms with van der Waals surface area (Å²) in [4.78, 5) is 0. The van der Waals surface area contributed by atoms with Gasteiger partial charge in [-0.2, -0.15) is 0 Å². The van der Waals surface area contributed by atoms with E-state index in [2.05, 4.69) is 23.4 Å². The molecule has 1 fully saturated rings. The second-order valence-corrected chi connectivity index (χ2v) is 4.80. The molecule has 1 saturated heterocycles. The quantitative estimate of drug-likeness (QED) is 0.741. The molecule has 0 saturated carbocycles. The normalized spacial score (nSPS) is 27.5. The van der Waals surface area contributed by atoms with Crippen LogP contribution in [0, 0.1) is 12.3 Å². The van der Waals surface area contributed by atoms with Crippen LogP contribution in [0.3, 0.4) is 0 Å². The molecule has 2 aliphatic rings. The van der Waals surface area contributed by atoms with E-state index in [0.717, 1.165) is 25.1 Å². The monoisotopic (exact) mass is 227 g/mol. The molecule has 0 spiro atoms. The fourth-order valence-corrected chi connectivity index (χ4v) is 2.87. The molecule has 3 rings (SSSR count). The molecule has 0 aromatic heterocycles. The highest BCUT2D eigenvalue weighted by Crippen LogP contribution is 2.33. The molecular formula is C15H17NO. The molecule has 0 amide bonds. The lowest BCUT2D eigenvalue weighted by atomic mass is 9.91. The van der Waals surface area contributed by atoms with Gasteiger partial charge in [0.05, 0.1) is 12.7 Å². The third kappa shape index (κ3) is 1.97. The van der Waals surface area contributed by atoms with E-state index in [1.807, 2.05) is 6.07 Å². The predicted octanol–water partition coefficient (Wildman–Crippen LogP) is 2.03. The molecule has 1 aromatic rings. The summed E-state index contributed by atoms with van der Waals surface area (Å²) in [5.74, 6) is 2.71. The van der Waals surface area contributed by atoms with Gasteiger partial charge in [0, 0.05) is 11.6 Å². The number of fused-ring (bicyclic) bond motifs is 1. The van der Waals surface area contributed by atoms with E-state index in [1.54, 1.807) is 0 Å². The maximum absolute atomic E-state index is 5.96. The fraction of sp³-hybridized carbons (Fsp3) is 0.467. The highest BCUT2D eigenvalue weighted by atomic mass is 16.5. The van der Waals surface area contributed by atoms with Crippen molar-refractivity contribution < 1.29 is 4.74 Å². The first-order chi connectivity index (χ1) is 8.38. The third-order valence-corrected chi connectivity index (χ3v) is 3.75. The van der Waals surface area contributed by atoms with Gasteiger partial charge in [0.2, 0.25) is 0 Å². The molecule has 2 heteroatoms. The predicted molar refractivity (Wildman–Crippen MR) is 67.8 cm³/mol. The minimum absolute atomic E-state index is 0.189. The summed E-state index contributed by atoms with van der Waals surface area (Å²) in [5, 5.41) is 3.53. The SMILES string of the molecule is C#Cc1ccc2c(c1)[C@H]([C@@H]1CCCN1)OCC2. The summed E-state index contributed by atoms with van der Waals surface area (Å²) >= 11 is 0. The van der Waals surface area contributed by atoms with Gasteiger partial charge >= 0.3 is 0 Å². The zero-order chi connectivity index (χ0) is 11.7. The molecule has 88 valence electrons. The summed E-state index contributed by atoms with van der Waals surface area (Å²) in [6, 6.07) is 6.78. The summed E-state index contributed by atoms with van der Waals surface area (Å²) < 4.78 is 5.96. The number of nitrogens with one attached hydrogen (secondary N) is 1. The van der Waals surface area contributed by atoms with Crippen LogP contribution in [-0.2, 0) is 11.2 Å². The Balaban J connectivity index is 1.97. The van der Waals surface area contributed by atoms with Gasteiger partial charge in [-0.1, -0.05) is 12.0 Å². The van der Waals surface area contributed by atoms with Gasteiger partial charge in [-0.15, -0.1) is 6.42 Å². The van der Waals surface area contributed by atoms with Crippen LogP contribution in [0.1, 0.15) is 35.6 Å². The summed E-state index contributed by atoms with van der Waals surface area (Å²) in [6.45, 7) is 1.93. The Labute approximate surface area is 102 Å². The van der Waals surface area contributed by atoms with Crippen LogP contribution in [0.25, 0.3) is 0 Å². The van der Waals surface area contributed by atoms with Gasteiger partial charge in [-0.3, -0.25) is 0 Å². The lowest BCUT2D eigenvalue weighted by Gasteiger charge is -2.30. The molecule has 0 bridgehead atoms. The number of benzene rings is 1. The van der Waals surface area contributed by atoms with Crippen molar-refractivity contribution >= 4 is 0 Å². The van der Waals surface area contributed by atoms with E-state index < -0.39 is 0 Å². The number of rotatable bonds is 1. The smallest absolute Gasteiger partial charge is 0.0981 e. The molecule has 17 heavy (non-hydrogen) atoms. The Bertz CT molecular complexity index is 454. The van der Waals surface area contributed by atoms with E-state index in [1.165, 1.54) is 24.0 Å². The van der Waals surface area contributed by atoms with E-state index in [0.29, 0.717) is 6.04 Å². The number of ether oxygens (including phenoxy) is 1. The first-order valence-corrected chi connectivity index (χ1v) is 6.33. The van der Waals surface area contributed by atoms with Gasteiger partial charge in [0.15, 0.2) is 0 Å². The second kappa shape index (κ2) is 4.52. The Kier molecular flexibility index (Phi) is 2.88. The number of hydrogen-bond acceptors (Lipinski definition) is 2. The molecule has 1 aromatic carbocycles. The topological polar surface area (TPSA) is 21.3 Å². The number of hydrogen-bond donors (Lipinski definition) is 1. The van der Waals surface area contributed by atoms with Crippen LogP contribution in [0.4, 0.5) is 0 Å². The lowest BCUT2D eigenvalue weighted by Crippen LogP contribution is -2.33. The zero-order valence-corrected chi connectivity index (χ0v) is 9.91. The lowest BCUT2D eigenvalue weighted by molar-refractivity contribution is 0.0199. The molecule has 1 N–H and O–H groups in total. The molecule has 2 atom stereocenters. The first-order valence-electron chi connectivity index (χ1n) is 6.33. The molecule has 2 nitrogen and oxygen atoms in total. The van der Waals surface area contributed by atoms with Crippen LogP contribution in [-0.4, -0.2) is 19.2 Å². The highest BCUT2D eigenvalue weighted by molar-refractivity contribution is 5.42. The summed E-state index contributed by atoms with van der Waals surface area (Å²) in [6.07, 6.45) is 9.11.